The average molecular weight is 280 g/mol. The molecular formula is C14H12N6O. The van der Waals surface area contributed by atoms with Crippen LogP contribution in [0.5, 0.6) is 0 Å². The van der Waals surface area contributed by atoms with Crippen LogP contribution in [0.4, 0.5) is 5.95 Å². The van der Waals surface area contributed by atoms with Crippen molar-refractivity contribution in [2.24, 2.45) is 0 Å². The van der Waals surface area contributed by atoms with Gasteiger partial charge in [-0.3, -0.25) is 15.6 Å². The fourth-order valence-electron chi connectivity index (χ4n) is 1.82. The van der Waals surface area contributed by atoms with Crippen molar-refractivity contribution >= 4 is 11.9 Å². The number of nitrogens with zero attached hydrogens (tertiary/aromatic N) is 4. The second-order valence-electron chi connectivity index (χ2n) is 4.12. The standard InChI is InChI=1S/C14H12N6O/c21-13(18-19-14-15-7-3-8-16-14)11-5-1-2-6-12(11)20-10-4-9-17-20/h1-10H,(H,18,21)(H,15,16,19). The van der Waals surface area contributed by atoms with Crippen LogP contribution in [0.15, 0.2) is 61.2 Å². The number of aromatic nitrogens is 4. The number of para-hydroxylation sites is 1. The Morgan fingerprint density at radius 2 is 1.81 bits per heavy atom. The maximum absolute atomic E-state index is 12.3. The van der Waals surface area contributed by atoms with Gasteiger partial charge >= 0.3 is 0 Å². The molecule has 3 rings (SSSR count). The van der Waals surface area contributed by atoms with E-state index in [-0.39, 0.29) is 5.91 Å². The first-order valence-corrected chi connectivity index (χ1v) is 6.27. The van der Waals surface area contributed by atoms with Crippen LogP contribution >= 0.6 is 0 Å². The molecule has 0 saturated heterocycles. The Morgan fingerprint density at radius 1 is 1.00 bits per heavy atom. The van der Waals surface area contributed by atoms with Gasteiger partial charge in [0.1, 0.15) is 0 Å². The number of carbonyl (C=O) groups is 1. The third-order valence-corrected chi connectivity index (χ3v) is 2.75. The molecule has 0 aliphatic carbocycles. The SMILES string of the molecule is O=C(NNc1ncccn1)c1ccccc1-n1cccn1. The number of hydrogen-bond donors (Lipinski definition) is 2. The van der Waals surface area contributed by atoms with Crippen molar-refractivity contribution in [2.75, 3.05) is 5.43 Å². The first-order chi connectivity index (χ1) is 10.3. The largest absolute Gasteiger partial charge is 0.271 e. The Labute approximate surface area is 120 Å². The Balaban J connectivity index is 1.79. The molecule has 0 unspecified atom stereocenters. The zero-order valence-electron chi connectivity index (χ0n) is 11.0. The highest BCUT2D eigenvalue weighted by atomic mass is 16.2. The molecule has 2 heterocycles. The number of benzene rings is 1. The van der Waals surface area contributed by atoms with Crippen LogP contribution < -0.4 is 10.9 Å². The van der Waals surface area contributed by atoms with Crippen molar-refractivity contribution < 1.29 is 4.79 Å². The Bertz CT molecular complexity index is 726. The Hall–Kier alpha value is -3.22. The van der Waals surface area contributed by atoms with Crippen LogP contribution in [0.1, 0.15) is 10.4 Å². The molecule has 0 aliphatic heterocycles. The Morgan fingerprint density at radius 3 is 2.57 bits per heavy atom. The first kappa shape index (κ1) is 12.8. The molecule has 0 fully saturated rings. The molecule has 104 valence electrons. The lowest BCUT2D eigenvalue weighted by atomic mass is 10.1. The number of hydrazine groups is 1. The lowest BCUT2D eigenvalue weighted by molar-refractivity contribution is 0.0962. The van der Waals surface area contributed by atoms with Crippen molar-refractivity contribution in [3.8, 4) is 5.69 Å². The summed E-state index contributed by atoms with van der Waals surface area (Å²) in [5.74, 6) is 0.0240. The van der Waals surface area contributed by atoms with Crippen molar-refractivity contribution in [1.82, 2.24) is 25.2 Å². The molecule has 0 radical (unpaired) electrons. The summed E-state index contributed by atoms with van der Waals surface area (Å²) < 4.78 is 1.63. The van der Waals surface area contributed by atoms with Crippen LogP contribution in [0.2, 0.25) is 0 Å². The van der Waals surface area contributed by atoms with Crippen LogP contribution in [0.25, 0.3) is 5.69 Å². The van der Waals surface area contributed by atoms with Crippen LogP contribution in [-0.4, -0.2) is 25.7 Å². The second-order valence-corrected chi connectivity index (χ2v) is 4.12. The molecule has 21 heavy (non-hydrogen) atoms. The summed E-state index contributed by atoms with van der Waals surface area (Å²) in [5.41, 5.74) is 6.41. The van der Waals surface area contributed by atoms with Gasteiger partial charge in [-0.25, -0.2) is 14.6 Å². The number of rotatable bonds is 4. The van der Waals surface area contributed by atoms with Gasteiger partial charge in [0.15, 0.2) is 0 Å². The van der Waals surface area contributed by atoms with E-state index in [0.29, 0.717) is 17.2 Å². The fraction of sp³-hybridized carbons (Fsp3) is 0. The van der Waals surface area contributed by atoms with Crippen LogP contribution in [-0.2, 0) is 0 Å². The summed E-state index contributed by atoms with van der Waals surface area (Å²) in [6.45, 7) is 0. The Kier molecular flexibility index (Phi) is 3.55. The van der Waals surface area contributed by atoms with E-state index in [9.17, 15) is 4.79 Å². The number of carbonyl (C=O) groups excluding carboxylic acids is 1. The van der Waals surface area contributed by atoms with Gasteiger partial charge in [0.05, 0.1) is 11.3 Å². The van der Waals surface area contributed by atoms with Crippen molar-refractivity contribution in [3.05, 3.63) is 66.7 Å². The molecule has 0 atom stereocenters. The van der Waals surface area contributed by atoms with Gasteiger partial charge in [-0.15, -0.1) is 0 Å². The van der Waals surface area contributed by atoms with Crippen molar-refractivity contribution in [3.63, 3.8) is 0 Å². The number of anilines is 1. The van der Waals surface area contributed by atoms with E-state index in [1.807, 2.05) is 12.1 Å². The summed E-state index contributed by atoms with van der Waals surface area (Å²) in [4.78, 5) is 20.2. The maximum atomic E-state index is 12.3. The van der Waals surface area contributed by atoms with Gasteiger partial charge < -0.3 is 0 Å². The van der Waals surface area contributed by atoms with Crippen molar-refractivity contribution in [1.29, 1.82) is 0 Å². The van der Waals surface area contributed by atoms with Gasteiger partial charge in [-0.1, -0.05) is 12.1 Å². The van der Waals surface area contributed by atoms with Crippen molar-refractivity contribution in [2.45, 2.75) is 0 Å². The second kappa shape index (κ2) is 5.83. The topological polar surface area (TPSA) is 84.7 Å². The quantitative estimate of drug-likeness (QED) is 0.706. The minimum absolute atomic E-state index is 0.298. The molecule has 2 N–H and O–H groups in total. The summed E-state index contributed by atoms with van der Waals surface area (Å²) in [6.07, 6.45) is 6.60. The maximum Gasteiger partial charge on any atom is 0.271 e. The van der Waals surface area contributed by atoms with Gasteiger partial charge in [0.25, 0.3) is 5.91 Å². The van der Waals surface area contributed by atoms with E-state index in [1.165, 1.54) is 0 Å². The number of nitrogens with one attached hydrogen (secondary N) is 2. The molecule has 7 nitrogen and oxygen atoms in total. The predicted molar refractivity (Wildman–Crippen MR) is 76.7 cm³/mol. The monoisotopic (exact) mass is 280 g/mol. The summed E-state index contributed by atoms with van der Waals surface area (Å²) in [6, 6.07) is 10.7. The summed E-state index contributed by atoms with van der Waals surface area (Å²) in [7, 11) is 0. The molecule has 0 saturated carbocycles. The zero-order chi connectivity index (χ0) is 14.5. The molecule has 7 heteroatoms. The summed E-state index contributed by atoms with van der Waals surface area (Å²) >= 11 is 0. The summed E-state index contributed by atoms with van der Waals surface area (Å²) in [5, 5.41) is 4.14. The van der Waals surface area contributed by atoms with E-state index in [0.717, 1.165) is 0 Å². The molecule has 2 aromatic heterocycles. The lowest BCUT2D eigenvalue weighted by Crippen LogP contribution is -2.31. The first-order valence-electron chi connectivity index (χ1n) is 6.27. The van der Waals surface area contributed by atoms with Crippen LogP contribution in [0.3, 0.4) is 0 Å². The lowest BCUT2D eigenvalue weighted by Gasteiger charge is -2.10. The van der Waals surface area contributed by atoms with E-state index in [2.05, 4.69) is 25.9 Å². The minimum atomic E-state index is -0.298. The molecule has 1 aromatic carbocycles. The third-order valence-electron chi connectivity index (χ3n) is 2.75. The van der Waals surface area contributed by atoms with E-state index < -0.39 is 0 Å². The average Bonchev–Trinajstić information content (AvgIpc) is 3.08. The molecular weight excluding hydrogens is 268 g/mol. The van der Waals surface area contributed by atoms with E-state index in [1.54, 1.807) is 53.7 Å². The van der Waals surface area contributed by atoms with Gasteiger partial charge in [-0.2, -0.15) is 5.10 Å². The van der Waals surface area contributed by atoms with E-state index in [4.69, 9.17) is 0 Å². The highest BCUT2D eigenvalue weighted by Gasteiger charge is 2.12. The highest BCUT2D eigenvalue weighted by Crippen LogP contribution is 2.13. The van der Waals surface area contributed by atoms with Gasteiger partial charge in [0, 0.05) is 24.8 Å². The highest BCUT2D eigenvalue weighted by molar-refractivity contribution is 5.98. The smallest absolute Gasteiger partial charge is 0.267 e. The van der Waals surface area contributed by atoms with Crippen LogP contribution in [0, 0.1) is 0 Å². The molecule has 0 spiro atoms. The normalized spacial score (nSPS) is 10.1. The van der Waals surface area contributed by atoms with Gasteiger partial charge in [-0.05, 0) is 24.3 Å². The number of hydrogen-bond acceptors (Lipinski definition) is 5. The molecule has 3 aromatic rings. The molecule has 0 aliphatic rings. The predicted octanol–water partition coefficient (Wildman–Crippen LogP) is 1.42. The third kappa shape index (κ3) is 2.86. The molecule has 0 bridgehead atoms. The van der Waals surface area contributed by atoms with Gasteiger partial charge in [0.2, 0.25) is 5.95 Å². The fourth-order valence-corrected chi connectivity index (χ4v) is 1.82. The van der Waals surface area contributed by atoms with E-state index >= 15 is 0 Å². The minimum Gasteiger partial charge on any atom is -0.267 e. The molecule has 1 amide bonds. The zero-order valence-corrected chi connectivity index (χ0v) is 11.0. The number of amides is 1.